The second kappa shape index (κ2) is 7.04. The molecule has 1 aromatic heterocycles. The van der Waals surface area contributed by atoms with E-state index in [9.17, 15) is 9.59 Å². The Morgan fingerprint density at radius 1 is 1.04 bits per heavy atom. The Morgan fingerprint density at radius 2 is 1.73 bits per heavy atom. The predicted octanol–water partition coefficient (Wildman–Crippen LogP) is 4.12. The first kappa shape index (κ1) is 17.7. The van der Waals surface area contributed by atoms with Crippen LogP contribution in [-0.2, 0) is 4.79 Å². The Kier molecular flexibility index (Phi) is 4.80. The first-order valence-corrected chi connectivity index (χ1v) is 8.42. The summed E-state index contributed by atoms with van der Waals surface area (Å²) in [5, 5.41) is 3.70. The minimum absolute atomic E-state index is 0.249. The van der Waals surface area contributed by atoms with Crippen LogP contribution in [0.25, 0.3) is 11.0 Å². The molecule has 26 heavy (non-hydrogen) atoms. The van der Waals surface area contributed by atoms with E-state index in [1.54, 1.807) is 19.1 Å². The van der Waals surface area contributed by atoms with Gasteiger partial charge in [0.05, 0.1) is 0 Å². The standard InChI is InChI=1S/C21H21NO4/c1-12-7-13(2)9-16(8-12)22-21(24)15(4)25-17-5-6-18-14(3)10-20(23)26-19(18)11-17/h5-11,15H,1-4H3,(H,22,24)/t15-/m0/s1. The lowest BCUT2D eigenvalue weighted by molar-refractivity contribution is -0.122. The molecule has 5 heteroatoms. The largest absolute Gasteiger partial charge is 0.481 e. The fourth-order valence-corrected chi connectivity index (χ4v) is 2.93. The van der Waals surface area contributed by atoms with Crippen LogP contribution in [0.2, 0.25) is 0 Å². The van der Waals surface area contributed by atoms with Gasteiger partial charge in [-0.1, -0.05) is 6.07 Å². The van der Waals surface area contributed by atoms with E-state index in [1.807, 2.05) is 45.0 Å². The molecule has 1 heterocycles. The summed E-state index contributed by atoms with van der Waals surface area (Å²) in [6, 6.07) is 12.5. The number of hydrogen-bond acceptors (Lipinski definition) is 4. The summed E-state index contributed by atoms with van der Waals surface area (Å²) in [5.74, 6) is 0.218. The molecule has 3 rings (SSSR count). The highest BCUT2D eigenvalue weighted by molar-refractivity contribution is 5.94. The predicted molar refractivity (Wildman–Crippen MR) is 102 cm³/mol. The molecular formula is C21H21NO4. The first-order valence-electron chi connectivity index (χ1n) is 8.42. The van der Waals surface area contributed by atoms with E-state index in [0.29, 0.717) is 11.3 Å². The minimum atomic E-state index is -0.704. The van der Waals surface area contributed by atoms with Gasteiger partial charge in [0.15, 0.2) is 6.10 Å². The summed E-state index contributed by atoms with van der Waals surface area (Å²) >= 11 is 0. The van der Waals surface area contributed by atoms with Gasteiger partial charge >= 0.3 is 5.63 Å². The number of benzene rings is 2. The van der Waals surface area contributed by atoms with Crippen LogP contribution < -0.4 is 15.7 Å². The van der Waals surface area contributed by atoms with Crippen molar-refractivity contribution < 1.29 is 13.9 Å². The maximum atomic E-state index is 12.4. The Hall–Kier alpha value is -3.08. The van der Waals surface area contributed by atoms with Gasteiger partial charge in [-0.15, -0.1) is 0 Å². The third-order valence-electron chi connectivity index (χ3n) is 4.09. The monoisotopic (exact) mass is 351 g/mol. The molecule has 0 fully saturated rings. The van der Waals surface area contributed by atoms with Crippen molar-refractivity contribution >= 4 is 22.6 Å². The van der Waals surface area contributed by atoms with Gasteiger partial charge in [0.2, 0.25) is 0 Å². The van der Waals surface area contributed by atoms with Gasteiger partial charge in [0.1, 0.15) is 11.3 Å². The fraction of sp³-hybridized carbons (Fsp3) is 0.238. The average molecular weight is 351 g/mol. The highest BCUT2D eigenvalue weighted by Gasteiger charge is 2.16. The molecule has 0 radical (unpaired) electrons. The Labute approximate surface area is 151 Å². The number of rotatable bonds is 4. The number of nitrogens with one attached hydrogen (secondary N) is 1. The van der Waals surface area contributed by atoms with Crippen molar-refractivity contribution in [2.45, 2.75) is 33.8 Å². The van der Waals surface area contributed by atoms with Crippen molar-refractivity contribution in [1.82, 2.24) is 0 Å². The van der Waals surface area contributed by atoms with E-state index >= 15 is 0 Å². The summed E-state index contributed by atoms with van der Waals surface area (Å²) in [4.78, 5) is 23.9. The quantitative estimate of drug-likeness (QED) is 0.718. The van der Waals surface area contributed by atoms with Crippen LogP contribution >= 0.6 is 0 Å². The number of carbonyl (C=O) groups excluding carboxylic acids is 1. The summed E-state index contributed by atoms with van der Waals surface area (Å²) in [6.07, 6.45) is -0.704. The Bertz CT molecular complexity index is 1020. The lowest BCUT2D eigenvalue weighted by Crippen LogP contribution is -2.30. The molecule has 0 bridgehead atoms. The van der Waals surface area contributed by atoms with E-state index < -0.39 is 11.7 Å². The van der Waals surface area contributed by atoms with Crippen molar-refractivity contribution in [2.75, 3.05) is 5.32 Å². The molecule has 1 N–H and O–H groups in total. The van der Waals surface area contributed by atoms with E-state index in [4.69, 9.17) is 9.15 Å². The Balaban J connectivity index is 1.76. The van der Waals surface area contributed by atoms with Crippen molar-refractivity contribution in [3.63, 3.8) is 0 Å². The van der Waals surface area contributed by atoms with E-state index in [-0.39, 0.29) is 5.91 Å². The second-order valence-corrected chi connectivity index (χ2v) is 6.53. The zero-order valence-electron chi connectivity index (χ0n) is 15.3. The number of anilines is 1. The van der Waals surface area contributed by atoms with Crippen LogP contribution in [0.5, 0.6) is 5.75 Å². The molecule has 0 saturated heterocycles. The van der Waals surface area contributed by atoms with Gasteiger partial charge in [-0.3, -0.25) is 4.79 Å². The van der Waals surface area contributed by atoms with Crippen molar-refractivity contribution in [3.8, 4) is 5.75 Å². The van der Waals surface area contributed by atoms with E-state index in [2.05, 4.69) is 5.32 Å². The van der Waals surface area contributed by atoms with Gasteiger partial charge in [0, 0.05) is 23.2 Å². The summed E-state index contributed by atoms with van der Waals surface area (Å²) in [6.45, 7) is 7.48. The fourth-order valence-electron chi connectivity index (χ4n) is 2.93. The van der Waals surface area contributed by atoms with Gasteiger partial charge in [0.25, 0.3) is 5.91 Å². The average Bonchev–Trinajstić information content (AvgIpc) is 2.53. The van der Waals surface area contributed by atoms with Crippen LogP contribution in [-0.4, -0.2) is 12.0 Å². The number of amides is 1. The number of ether oxygens (including phenoxy) is 1. The molecule has 0 saturated carbocycles. The molecule has 0 spiro atoms. The van der Waals surface area contributed by atoms with Gasteiger partial charge < -0.3 is 14.5 Å². The maximum Gasteiger partial charge on any atom is 0.336 e. The highest BCUT2D eigenvalue weighted by atomic mass is 16.5. The van der Waals surface area contributed by atoms with E-state index in [0.717, 1.165) is 27.8 Å². The summed E-state index contributed by atoms with van der Waals surface area (Å²) in [5.41, 5.74) is 3.76. The lowest BCUT2D eigenvalue weighted by atomic mass is 10.1. The Morgan fingerprint density at radius 3 is 2.42 bits per heavy atom. The van der Waals surface area contributed by atoms with Crippen molar-refractivity contribution in [3.05, 3.63) is 69.6 Å². The smallest absolute Gasteiger partial charge is 0.336 e. The summed E-state index contributed by atoms with van der Waals surface area (Å²) < 4.78 is 10.9. The highest BCUT2D eigenvalue weighted by Crippen LogP contribution is 2.23. The number of fused-ring (bicyclic) bond motifs is 1. The second-order valence-electron chi connectivity index (χ2n) is 6.53. The number of aryl methyl sites for hydroxylation is 3. The normalized spacial score (nSPS) is 12.0. The molecule has 3 aromatic rings. The summed E-state index contributed by atoms with van der Waals surface area (Å²) in [7, 11) is 0. The molecule has 1 amide bonds. The molecule has 5 nitrogen and oxygen atoms in total. The molecule has 134 valence electrons. The molecule has 1 atom stereocenters. The van der Waals surface area contributed by atoms with Crippen LogP contribution in [0.4, 0.5) is 5.69 Å². The van der Waals surface area contributed by atoms with Crippen LogP contribution in [0.1, 0.15) is 23.6 Å². The number of hydrogen-bond donors (Lipinski definition) is 1. The van der Waals surface area contributed by atoms with Crippen LogP contribution in [0, 0.1) is 20.8 Å². The van der Waals surface area contributed by atoms with Gasteiger partial charge in [-0.2, -0.15) is 0 Å². The molecular weight excluding hydrogens is 330 g/mol. The third kappa shape index (κ3) is 3.94. The molecule has 2 aromatic carbocycles. The van der Waals surface area contributed by atoms with Gasteiger partial charge in [-0.05, 0) is 68.7 Å². The van der Waals surface area contributed by atoms with Gasteiger partial charge in [-0.25, -0.2) is 4.79 Å². The van der Waals surface area contributed by atoms with Crippen LogP contribution in [0.3, 0.4) is 0 Å². The third-order valence-corrected chi connectivity index (χ3v) is 4.09. The molecule has 0 aliphatic heterocycles. The molecule has 0 aliphatic rings. The number of carbonyl (C=O) groups is 1. The van der Waals surface area contributed by atoms with Crippen molar-refractivity contribution in [2.24, 2.45) is 0 Å². The van der Waals surface area contributed by atoms with Crippen molar-refractivity contribution in [1.29, 1.82) is 0 Å². The molecule has 0 unspecified atom stereocenters. The zero-order chi connectivity index (χ0) is 18.8. The molecule has 0 aliphatic carbocycles. The maximum absolute atomic E-state index is 12.4. The zero-order valence-corrected chi connectivity index (χ0v) is 15.3. The first-order chi connectivity index (χ1) is 12.3. The minimum Gasteiger partial charge on any atom is -0.481 e. The SMILES string of the molecule is Cc1cc(C)cc(NC(=O)[C@H](C)Oc2ccc3c(C)cc(=O)oc3c2)c1. The lowest BCUT2D eigenvalue weighted by Gasteiger charge is -2.15. The van der Waals surface area contributed by atoms with E-state index in [1.165, 1.54) is 6.07 Å². The topological polar surface area (TPSA) is 68.5 Å². The van der Waals surface area contributed by atoms with Crippen LogP contribution in [0.15, 0.2) is 51.7 Å².